The quantitative estimate of drug-likeness (QED) is 0.870. The molecule has 0 saturated heterocycles. The molecule has 3 nitrogen and oxygen atoms in total. The zero-order chi connectivity index (χ0) is 13.8. The molecule has 1 aromatic rings. The van der Waals surface area contributed by atoms with Crippen LogP contribution in [0.1, 0.15) is 31.4 Å². The van der Waals surface area contributed by atoms with E-state index in [0.29, 0.717) is 6.54 Å². The first-order valence-electron chi connectivity index (χ1n) is 5.54. The minimum atomic E-state index is -4.28. The zero-order valence-electron chi connectivity index (χ0n) is 9.89. The van der Waals surface area contributed by atoms with Crippen LogP contribution in [0.15, 0.2) is 12.3 Å². The second-order valence-corrected chi connectivity index (χ2v) is 4.39. The van der Waals surface area contributed by atoms with Gasteiger partial charge in [-0.05, 0) is 19.0 Å². The average molecular weight is 282 g/mol. The molecule has 0 aromatic carbocycles. The maximum atomic E-state index is 12.5. The summed E-state index contributed by atoms with van der Waals surface area (Å²) < 4.78 is 37.6. The number of hydrogen-bond donors (Lipinski definition) is 2. The lowest BCUT2D eigenvalue weighted by molar-refractivity contribution is -0.140. The number of alkyl halides is 3. The van der Waals surface area contributed by atoms with E-state index in [2.05, 4.69) is 10.3 Å². The van der Waals surface area contributed by atoms with Crippen molar-refractivity contribution in [3.05, 3.63) is 22.8 Å². The van der Waals surface area contributed by atoms with Gasteiger partial charge in [-0.1, -0.05) is 18.5 Å². The normalized spacial score (nSPS) is 13.6. The number of nitrogen functional groups attached to an aromatic ring is 1. The number of nitrogens with zero attached hydrogens (tertiary/aromatic N) is 1. The number of nitrogens with one attached hydrogen (secondary N) is 1. The zero-order valence-corrected chi connectivity index (χ0v) is 10.6. The Labute approximate surface area is 109 Å². The van der Waals surface area contributed by atoms with Crippen LogP contribution in [0.25, 0.3) is 0 Å². The van der Waals surface area contributed by atoms with Crippen molar-refractivity contribution in [2.75, 3.05) is 12.3 Å². The van der Waals surface area contributed by atoms with Crippen molar-refractivity contribution in [1.82, 2.24) is 10.3 Å². The third-order valence-corrected chi connectivity index (χ3v) is 2.57. The Hall–Kier alpha value is -1.01. The van der Waals surface area contributed by atoms with E-state index < -0.39 is 18.6 Å². The number of aromatic nitrogens is 1. The first-order valence-corrected chi connectivity index (χ1v) is 5.92. The minimum Gasteiger partial charge on any atom is -0.383 e. The Kier molecular flexibility index (Phi) is 5.22. The fraction of sp³-hybridized carbons (Fsp3) is 0.545. The monoisotopic (exact) mass is 281 g/mol. The molecule has 7 heteroatoms. The lowest BCUT2D eigenvalue weighted by atomic mass is 10.0. The third kappa shape index (κ3) is 4.70. The van der Waals surface area contributed by atoms with E-state index in [1.54, 1.807) is 0 Å². The van der Waals surface area contributed by atoms with Crippen molar-refractivity contribution >= 4 is 17.4 Å². The summed E-state index contributed by atoms with van der Waals surface area (Å²) in [5, 5.41) is 3.08. The summed E-state index contributed by atoms with van der Waals surface area (Å²) in [5.41, 5.74) is 5.89. The lowest BCUT2D eigenvalue weighted by Crippen LogP contribution is -2.28. The Bertz CT molecular complexity index is 396. The number of pyridine rings is 1. The molecule has 18 heavy (non-hydrogen) atoms. The van der Waals surface area contributed by atoms with Crippen LogP contribution in [-0.4, -0.2) is 17.7 Å². The van der Waals surface area contributed by atoms with E-state index >= 15 is 0 Å². The van der Waals surface area contributed by atoms with Crippen molar-refractivity contribution < 1.29 is 13.2 Å². The van der Waals surface area contributed by atoms with Crippen LogP contribution in [0.4, 0.5) is 19.0 Å². The van der Waals surface area contributed by atoms with Crippen molar-refractivity contribution in [2.45, 2.75) is 32.0 Å². The average Bonchev–Trinajstić information content (AvgIpc) is 2.26. The molecule has 0 radical (unpaired) electrons. The Morgan fingerprint density at radius 3 is 2.72 bits per heavy atom. The third-order valence-electron chi connectivity index (χ3n) is 2.37. The summed E-state index contributed by atoms with van der Waals surface area (Å²) in [5.74, 6) is 0.0669. The van der Waals surface area contributed by atoms with Crippen LogP contribution in [0.3, 0.4) is 0 Å². The number of nitrogens with two attached hydrogens (primary N) is 1. The molecule has 3 N–H and O–H groups in total. The molecule has 1 unspecified atom stereocenters. The number of rotatable bonds is 5. The molecule has 1 heterocycles. The highest BCUT2D eigenvalue weighted by Crippen LogP contribution is 2.32. The summed E-state index contributed by atoms with van der Waals surface area (Å²) in [6.07, 6.45) is -3.24. The van der Waals surface area contributed by atoms with Gasteiger partial charge in [0.05, 0.1) is 11.4 Å². The van der Waals surface area contributed by atoms with E-state index in [-0.39, 0.29) is 16.4 Å². The van der Waals surface area contributed by atoms with Gasteiger partial charge in [-0.15, -0.1) is 0 Å². The molecule has 0 aliphatic rings. The van der Waals surface area contributed by atoms with Gasteiger partial charge < -0.3 is 11.1 Å². The first-order chi connectivity index (χ1) is 8.33. The van der Waals surface area contributed by atoms with Gasteiger partial charge in [0, 0.05) is 17.8 Å². The van der Waals surface area contributed by atoms with Gasteiger partial charge in [0.25, 0.3) is 0 Å². The Morgan fingerprint density at radius 1 is 1.50 bits per heavy atom. The van der Waals surface area contributed by atoms with E-state index in [0.717, 1.165) is 6.42 Å². The maximum absolute atomic E-state index is 12.5. The molecule has 1 atom stereocenters. The molecule has 0 saturated carbocycles. The fourth-order valence-corrected chi connectivity index (χ4v) is 1.75. The number of hydrogen-bond acceptors (Lipinski definition) is 3. The number of halogens is 4. The molecule has 1 aromatic heterocycles. The predicted molar refractivity (Wildman–Crippen MR) is 65.4 cm³/mol. The molecule has 0 bridgehead atoms. The first kappa shape index (κ1) is 15.0. The highest BCUT2D eigenvalue weighted by atomic mass is 35.5. The Balaban J connectivity index is 2.97. The molecule has 0 amide bonds. The van der Waals surface area contributed by atoms with E-state index in [9.17, 15) is 13.2 Å². The van der Waals surface area contributed by atoms with Crippen molar-refractivity contribution in [3.8, 4) is 0 Å². The summed E-state index contributed by atoms with van der Waals surface area (Å²) in [4.78, 5) is 3.78. The standard InChI is InChI=1S/C11H15ClF3N3/c1-2-3-17-9(5-11(13,14)15)8-4-7(12)6-18-10(8)16/h4,6,9,17H,2-3,5H2,1H3,(H2,16,18). The second kappa shape index (κ2) is 6.24. The van der Waals surface area contributed by atoms with Gasteiger partial charge in [-0.3, -0.25) is 0 Å². The SMILES string of the molecule is CCCNC(CC(F)(F)F)c1cc(Cl)cnc1N. The van der Waals surface area contributed by atoms with Crippen LogP contribution in [0.5, 0.6) is 0 Å². The molecular weight excluding hydrogens is 267 g/mol. The summed E-state index contributed by atoms with van der Waals surface area (Å²) in [6.45, 7) is 2.34. The molecule has 1 rings (SSSR count). The summed E-state index contributed by atoms with van der Waals surface area (Å²) in [6, 6.07) is 0.499. The molecule has 0 spiro atoms. The van der Waals surface area contributed by atoms with Gasteiger partial charge in [-0.25, -0.2) is 4.98 Å². The Morgan fingerprint density at radius 2 is 2.17 bits per heavy atom. The van der Waals surface area contributed by atoms with Crippen LogP contribution >= 0.6 is 11.6 Å². The second-order valence-electron chi connectivity index (χ2n) is 3.95. The molecule has 0 aliphatic heterocycles. The van der Waals surface area contributed by atoms with Crippen LogP contribution in [-0.2, 0) is 0 Å². The largest absolute Gasteiger partial charge is 0.390 e. The molecule has 0 fully saturated rings. The maximum Gasteiger partial charge on any atom is 0.390 e. The molecule has 102 valence electrons. The van der Waals surface area contributed by atoms with Gasteiger partial charge >= 0.3 is 6.18 Å². The van der Waals surface area contributed by atoms with Gasteiger partial charge in [0.2, 0.25) is 0 Å². The number of anilines is 1. The predicted octanol–water partition coefficient (Wildman–Crippen LogP) is 3.31. The van der Waals surface area contributed by atoms with Crippen molar-refractivity contribution in [3.63, 3.8) is 0 Å². The van der Waals surface area contributed by atoms with Gasteiger partial charge in [-0.2, -0.15) is 13.2 Å². The fourth-order valence-electron chi connectivity index (χ4n) is 1.59. The van der Waals surface area contributed by atoms with E-state index in [1.165, 1.54) is 12.3 Å². The topological polar surface area (TPSA) is 50.9 Å². The van der Waals surface area contributed by atoms with Gasteiger partial charge in [0.15, 0.2) is 0 Å². The van der Waals surface area contributed by atoms with Crippen molar-refractivity contribution in [1.29, 1.82) is 0 Å². The van der Waals surface area contributed by atoms with E-state index in [1.807, 2.05) is 6.92 Å². The van der Waals surface area contributed by atoms with Gasteiger partial charge in [0.1, 0.15) is 5.82 Å². The highest BCUT2D eigenvalue weighted by molar-refractivity contribution is 6.30. The van der Waals surface area contributed by atoms with Crippen LogP contribution < -0.4 is 11.1 Å². The molecular formula is C11H15ClF3N3. The smallest absolute Gasteiger partial charge is 0.383 e. The summed E-state index contributed by atoms with van der Waals surface area (Å²) >= 11 is 5.74. The van der Waals surface area contributed by atoms with Crippen molar-refractivity contribution in [2.24, 2.45) is 0 Å². The van der Waals surface area contributed by atoms with Crippen LogP contribution in [0, 0.1) is 0 Å². The lowest BCUT2D eigenvalue weighted by Gasteiger charge is -2.21. The summed E-state index contributed by atoms with van der Waals surface area (Å²) in [7, 11) is 0. The molecule has 0 aliphatic carbocycles. The van der Waals surface area contributed by atoms with Crippen LogP contribution in [0.2, 0.25) is 5.02 Å². The van der Waals surface area contributed by atoms with E-state index in [4.69, 9.17) is 17.3 Å². The highest BCUT2D eigenvalue weighted by Gasteiger charge is 2.33. The minimum absolute atomic E-state index is 0.0669.